The van der Waals surface area contributed by atoms with E-state index in [9.17, 15) is 0 Å². The second-order valence-electron chi connectivity index (χ2n) is 9.34. The summed E-state index contributed by atoms with van der Waals surface area (Å²) in [5.74, 6) is 2.38. The van der Waals surface area contributed by atoms with E-state index >= 15 is 0 Å². The van der Waals surface area contributed by atoms with Gasteiger partial charge in [0.1, 0.15) is 5.75 Å². The lowest BCUT2D eigenvalue weighted by Crippen LogP contribution is -2.46. The predicted molar refractivity (Wildman–Crippen MR) is 149 cm³/mol. The zero-order chi connectivity index (χ0) is 22.8. The normalized spacial score (nSPS) is 20.2. The van der Waals surface area contributed by atoms with Crippen LogP contribution in [0.25, 0.3) is 0 Å². The number of likely N-dealkylation sites (N-methyl/N-ethyl adjacent to an activating group) is 1. The molecule has 0 saturated carbocycles. The maximum atomic E-state index is 5.35. The van der Waals surface area contributed by atoms with Gasteiger partial charge in [0.25, 0.3) is 0 Å². The van der Waals surface area contributed by atoms with Crippen molar-refractivity contribution in [2.75, 3.05) is 79.6 Å². The third-order valence-electron chi connectivity index (χ3n) is 6.62. The monoisotopic (exact) mass is 572 g/mol. The van der Waals surface area contributed by atoms with Gasteiger partial charge in [-0.3, -0.25) is 9.89 Å². The molecule has 0 radical (unpaired) electrons. The Morgan fingerprint density at radius 2 is 1.70 bits per heavy atom. The van der Waals surface area contributed by atoms with E-state index in [1.165, 1.54) is 44.6 Å². The summed E-state index contributed by atoms with van der Waals surface area (Å²) in [6.45, 7) is 15.1. The van der Waals surface area contributed by atoms with Crippen LogP contribution in [0.5, 0.6) is 5.75 Å². The topological polar surface area (TPSA) is 55.4 Å². The number of ether oxygens (including phenoxy) is 1. The van der Waals surface area contributed by atoms with E-state index in [2.05, 4.69) is 70.5 Å². The number of guanidine groups is 1. The summed E-state index contributed by atoms with van der Waals surface area (Å²) in [4.78, 5) is 12.5. The van der Waals surface area contributed by atoms with Crippen LogP contribution >= 0.6 is 24.0 Å². The summed E-state index contributed by atoms with van der Waals surface area (Å²) < 4.78 is 5.35. The Hall–Kier alpha value is -1.10. The van der Waals surface area contributed by atoms with Gasteiger partial charge < -0.3 is 25.2 Å². The molecule has 7 nitrogen and oxygen atoms in total. The van der Waals surface area contributed by atoms with Crippen molar-refractivity contribution in [2.24, 2.45) is 10.9 Å². The van der Waals surface area contributed by atoms with Crippen LogP contribution in [0.15, 0.2) is 29.3 Å². The number of methoxy groups -OCH3 is 1. The van der Waals surface area contributed by atoms with E-state index in [1.807, 2.05) is 0 Å². The Morgan fingerprint density at radius 3 is 2.30 bits per heavy atom. The minimum atomic E-state index is 0. The molecule has 2 atom stereocenters. The lowest BCUT2D eigenvalue weighted by atomic mass is 10.1. The summed E-state index contributed by atoms with van der Waals surface area (Å²) in [5.41, 5.74) is 1.33. The van der Waals surface area contributed by atoms with Gasteiger partial charge in [0, 0.05) is 52.4 Å². The molecule has 2 unspecified atom stereocenters. The zero-order valence-electron chi connectivity index (χ0n) is 21.1. The maximum absolute atomic E-state index is 5.35. The van der Waals surface area contributed by atoms with Crippen LogP contribution < -0.4 is 15.4 Å². The first-order chi connectivity index (χ1) is 15.6. The third-order valence-corrected chi connectivity index (χ3v) is 6.62. The molecule has 0 aliphatic carbocycles. The summed E-state index contributed by atoms with van der Waals surface area (Å²) >= 11 is 0. The number of rotatable bonds is 10. The quantitative estimate of drug-likeness (QED) is 0.256. The van der Waals surface area contributed by atoms with Gasteiger partial charge >= 0.3 is 0 Å². The smallest absolute Gasteiger partial charge is 0.191 e. The molecule has 2 heterocycles. The van der Waals surface area contributed by atoms with E-state index in [-0.39, 0.29) is 24.0 Å². The van der Waals surface area contributed by atoms with Crippen LogP contribution in [0.1, 0.15) is 38.3 Å². The van der Waals surface area contributed by atoms with Crippen molar-refractivity contribution in [3.63, 3.8) is 0 Å². The number of nitrogens with zero attached hydrogens (tertiary/aromatic N) is 4. The van der Waals surface area contributed by atoms with Crippen LogP contribution in [-0.4, -0.2) is 100 Å². The first-order valence-corrected chi connectivity index (χ1v) is 12.4. The van der Waals surface area contributed by atoms with Crippen molar-refractivity contribution >= 4 is 29.9 Å². The molecule has 188 valence electrons. The molecule has 2 aliphatic heterocycles. The highest BCUT2D eigenvalue weighted by Gasteiger charge is 2.24. The fraction of sp³-hybridized carbons (Fsp3) is 0.720. The van der Waals surface area contributed by atoms with Gasteiger partial charge in [-0.05, 0) is 63.5 Å². The van der Waals surface area contributed by atoms with Gasteiger partial charge in [-0.1, -0.05) is 19.1 Å². The predicted octanol–water partition coefficient (Wildman–Crippen LogP) is 2.89. The van der Waals surface area contributed by atoms with Gasteiger partial charge in [0.15, 0.2) is 5.96 Å². The average Bonchev–Trinajstić information content (AvgIpc) is 3.34. The Labute approximate surface area is 218 Å². The maximum Gasteiger partial charge on any atom is 0.191 e. The first kappa shape index (κ1) is 28.1. The highest BCUT2D eigenvalue weighted by atomic mass is 127. The van der Waals surface area contributed by atoms with Crippen LogP contribution in [0.2, 0.25) is 0 Å². The van der Waals surface area contributed by atoms with E-state index in [0.717, 1.165) is 51.0 Å². The highest BCUT2D eigenvalue weighted by molar-refractivity contribution is 14.0. The number of hydrogen-bond donors (Lipinski definition) is 2. The molecule has 1 aromatic rings. The molecule has 2 saturated heterocycles. The van der Waals surface area contributed by atoms with E-state index < -0.39 is 0 Å². The fourth-order valence-corrected chi connectivity index (χ4v) is 4.65. The van der Waals surface area contributed by atoms with Crippen molar-refractivity contribution < 1.29 is 4.74 Å². The molecule has 0 amide bonds. The van der Waals surface area contributed by atoms with E-state index in [4.69, 9.17) is 9.73 Å². The first-order valence-electron chi connectivity index (χ1n) is 12.4. The largest absolute Gasteiger partial charge is 0.497 e. The standard InChI is InChI=1S/C25H44N6O.HI/c1-5-26-25(27-18-21(2)20-30-16-14-29(3)15-17-30)28-19-24(31-12-6-7-13-31)22-8-10-23(32-4)11-9-22;/h8-11,21,24H,5-7,12-20H2,1-4H3,(H2,26,27,28);1H. The van der Waals surface area contributed by atoms with Crippen molar-refractivity contribution in [1.29, 1.82) is 0 Å². The van der Waals surface area contributed by atoms with Gasteiger partial charge in [-0.25, -0.2) is 0 Å². The van der Waals surface area contributed by atoms with Gasteiger partial charge in [0.05, 0.1) is 13.2 Å². The summed E-state index contributed by atoms with van der Waals surface area (Å²) in [7, 11) is 3.93. The van der Waals surface area contributed by atoms with Gasteiger partial charge in [0.2, 0.25) is 0 Å². The molecule has 2 aliphatic rings. The minimum Gasteiger partial charge on any atom is -0.497 e. The second kappa shape index (κ2) is 15.0. The molecule has 8 heteroatoms. The number of piperazine rings is 1. The van der Waals surface area contributed by atoms with Crippen LogP contribution in [0, 0.1) is 5.92 Å². The lowest BCUT2D eigenvalue weighted by Gasteiger charge is -2.33. The number of benzene rings is 1. The highest BCUT2D eigenvalue weighted by Crippen LogP contribution is 2.26. The Kier molecular flexibility index (Phi) is 12.8. The summed E-state index contributed by atoms with van der Waals surface area (Å²) in [5, 5.41) is 7.08. The number of likely N-dealkylation sites (tertiary alicyclic amines) is 1. The van der Waals surface area contributed by atoms with E-state index in [0.29, 0.717) is 12.0 Å². The Morgan fingerprint density at radius 1 is 1.03 bits per heavy atom. The lowest BCUT2D eigenvalue weighted by molar-refractivity contribution is 0.140. The van der Waals surface area contributed by atoms with Crippen molar-refractivity contribution in [3.05, 3.63) is 29.8 Å². The van der Waals surface area contributed by atoms with Gasteiger partial charge in [-0.15, -0.1) is 24.0 Å². The summed E-state index contributed by atoms with van der Waals surface area (Å²) in [6.07, 6.45) is 2.56. The molecule has 1 aromatic carbocycles. The van der Waals surface area contributed by atoms with E-state index in [1.54, 1.807) is 7.11 Å². The number of nitrogens with one attached hydrogen (secondary N) is 2. The molecule has 0 bridgehead atoms. The average molecular weight is 573 g/mol. The number of aliphatic imine (C=N–C) groups is 1. The molecule has 2 N–H and O–H groups in total. The zero-order valence-corrected chi connectivity index (χ0v) is 23.4. The molecule has 2 fully saturated rings. The minimum absolute atomic E-state index is 0. The molecule has 0 aromatic heterocycles. The molecular weight excluding hydrogens is 527 g/mol. The van der Waals surface area contributed by atoms with Crippen molar-refractivity contribution in [2.45, 2.75) is 32.7 Å². The third kappa shape index (κ3) is 9.22. The molecular formula is C25H45IN6O. The number of halogens is 1. The number of hydrogen-bond acceptors (Lipinski definition) is 5. The van der Waals surface area contributed by atoms with Crippen LogP contribution in [-0.2, 0) is 0 Å². The molecule has 33 heavy (non-hydrogen) atoms. The van der Waals surface area contributed by atoms with Crippen molar-refractivity contribution in [3.8, 4) is 5.75 Å². The fourth-order valence-electron chi connectivity index (χ4n) is 4.65. The van der Waals surface area contributed by atoms with Crippen LogP contribution in [0.4, 0.5) is 0 Å². The SMILES string of the molecule is CCNC(=NCC(C)CN1CCN(C)CC1)NCC(c1ccc(OC)cc1)N1CCCC1.I. The summed E-state index contributed by atoms with van der Waals surface area (Å²) in [6, 6.07) is 8.88. The van der Waals surface area contributed by atoms with Crippen LogP contribution in [0.3, 0.4) is 0 Å². The molecule has 3 rings (SSSR count). The van der Waals surface area contributed by atoms with Crippen molar-refractivity contribution in [1.82, 2.24) is 25.3 Å². The van der Waals surface area contributed by atoms with Gasteiger partial charge in [-0.2, -0.15) is 0 Å². The molecule has 0 spiro atoms. The second-order valence-corrected chi connectivity index (χ2v) is 9.34. The Balaban J connectivity index is 0.00000385. The Bertz CT molecular complexity index is 687.